The Morgan fingerprint density at radius 3 is 2.50 bits per heavy atom. The number of aliphatic hydroxyl groups excluding tert-OH is 2. The van der Waals surface area contributed by atoms with Crippen LogP contribution in [0, 0.1) is 51.5 Å². The molecule has 14 nitrogen and oxygen atoms in total. The molecule has 1 aromatic heterocycles. The summed E-state index contributed by atoms with van der Waals surface area (Å²) >= 11 is 0. The van der Waals surface area contributed by atoms with Gasteiger partial charge in [-0.2, -0.15) is 0 Å². The van der Waals surface area contributed by atoms with E-state index in [1.165, 1.54) is 24.3 Å². The second kappa shape index (κ2) is 16.8. The quantitative estimate of drug-likeness (QED) is 0.126. The molecule has 1 amide bonds. The molecule has 54 heavy (non-hydrogen) atoms. The van der Waals surface area contributed by atoms with Crippen LogP contribution in [-0.2, 0) is 28.9 Å². The largest absolute Gasteiger partial charge is 0.463 e. The average molecular weight is 776 g/mol. The number of fused-ring (bicyclic) bond motifs is 5. The van der Waals surface area contributed by atoms with Crippen LogP contribution in [0.1, 0.15) is 91.4 Å². The van der Waals surface area contributed by atoms with Gasteiger partial charge in [-0.3, -0.25) is 14.2 Å². The molecule has 0 aliphatic heterocycles. The van der Waals surface area contributed by atoms with Crippen LogP contribution in [-0.4, -0.2) is 80.8 Å². The second-order valence-corrected chi connectivity index (χ2v) is 18.5. The van der Waals surface area contributed by atoms with Crippen LogP contribution >= 0.6 is 0 Å². The maximum atomic E-state index is 12.8. The molecular formula is C39H57N3O11S. The van der Waals surface area contributed by atoms with E-state index in [4.69, 9.17) is 14.2 Å². The number of carbonyl (C=O) groups excluding carboxylic acids is 2. The summed E-state index contributed by atoms with van der Waals surface area (Å²) in [6, 6.07) is 7.36. The first-order valence-corrected chi connectivity index (χ1v) is 21.1. The molecule has 6 rings (SSSR count). The van der Waals surface area contributed by atoms with Crippen LogP contribution in [0.5, 0.6) is 5.88 Å². The van der Waals surface area contributed by atoms with E-state index in [0.717, 1.165) is 57.8 Å². The monoisotopic (exact) mass is 775 g/mol. The third kappa shape index (κ3) is 8.29. The molecule has 4 fully saturated rings. The maximum absolute atomic E-state index is 12.8. The van der Waals surface area contributed by atoms with E-state index in [1.807, 2.05) is 0 Å². The van der Waals surface area contributed by atoms with Gasteiger partial charge in [-0.25, -0.2) is 8.42 Å². The predicted octanol–water partition coefficient (Wildman–Crippen LogP) is 3.99. The van der Waals surface area contributed by atoms with Crippen molar-refractivity contribution in [3.05, 3.63) is 35.5 Å². The topological polar surface area (TPSA) is 201 Å². The number of ether oxygens (including phenoxy) is 3. The summed E-state index contributed by atoms with van der Waals surface area (Å²) in [6.07, 6.45) is 8.78. The van der Waals surface area contributed by atoms with Crippen LogP contribution in [0.15, 0.2) is 44.9 Å². The number of nitrogens with zero attached hydrogens (tertiary/aromatic N) is 2. The Bertz CT molecular complexity index is 1710. The van der Waals surface area contributed by atoms with Crippen molar-refractivity contribution < 1.29 is 52.0 Å². The van der Waals surface area contributed by atoms with Gasteiger partial charge in [0, 0.05) is 13.0 Å². The zero-order valence-corrected chi connectivity index (χ0v) is 32.5. The van der Waals surface area contributed by atoms with Gasteiger partial charge in [-0.1, -0.05) is 39.0 Å². The summed E-state index contributed by atoms with van der Waals surface area (Å²) in [6.45, 7) is 7.21. The van der Waals surface area contributed by atoms with Crippen LogP contribution in [0.25, 0.3) is 0 Å². The molecule has 15 heteroatoms. The lowest BCUT2D eigenvalue weighted by Crippen LogP contribution is -2.58. The van der Waals surface area contributed by atoms with Gasteiger partial charge in [-0.15, -0.1) is 0 Å². The zero-order chi connectivity index (χ0) is 38.7. The molecule has 4 aliphatic rings. The van der Waals surface area contributed by atoms with Gasteiger partial charge in [-0.05, 0) is 121 Å². The fourth-order valence-electron chi connectivity index (χ4n) is 11.0. The molecule has 4 saturated carbocycles. The number of nitrogens with one attached hydrogen (secondary N) is 1. The summed E-state index contributed by atoms with van der Waals surface area (Å²) in [4.78, 5) is 24.6. The highest BCUT2D eigenvalue weighted by Crippen LogP contribution is 2.68. The van der Waals surface area contributed by atoms with E-state index in [9.17, 15) is 33.4 Å². The zero-order valence-electron chi connectivity index (χ0n) is 31.7. The SMILES string of the molecule is C[C@H](CCC(=O)NCCC(=O)OCCOCCOc1no[n+]([O-])c1S(=O)(=O)c1ccccc1)[C@H]1CC[C@H]2C3[C@@H](O)C[C@@H]4C[C@H](O)CC[C@]4(C)[C@H]3CC[C@]12C. The van der Waals surface area contributed by atoms with Crippen molar-refractivity contribution >= 4 is 21.7 Å². The molecular weight excluding hydrogens is 719 g/mol. The van der Waals surface area contributed by atoms with Crippen LogP contribution in [0.4, 0.5) is 0 Å². The molecule has 1 unspecified atom stereocenters. The van der Waals surface area contributed by atoms with Gasteiger partial charge in [0.15, 0.2) is 0 Å². The molecule has 10 atom stereocenters. The van der Waals surface area contributed by atoms with Crippen molar-refractivity contribution in [2.45, 2.75) is 114 Å². The van der Waals surface area contributed by atoms with Crippen LogP contribution in [0.3, 0.4) is 0 Å². The minimum atomic E-state index is -4.23. The van der Waals surface area contributed by atoms with Crippen LogP contribution < -0.4 is 15.0 Å². The van der Waals surface area contributed by atoms with Gasteiger partial charge in [0.25, 0.3) is 9.84 Å². The molecule has 0 radical (unpaired) electrons. The summed E-state index contributed by atoms with van der Waals surface area (Å²) in [5.74, 6) is 1.56. The first kappa shape index (κ1) is 40.4. The molecule has 0 saturated heterocycles. The van der Waals surface area contributed by atoms with Crippen molar-refractivity contribution in [2.24, 2.45) is 46.3 Å². The number of hydrogen-bond donors (Lipinski definition) is 3. The average Bonchev–Trinajstić information content (AvgIpc) is 3.70. The standard InChI is InChI=1S/C39H57N3O11S/c1-25(29-10-11-30-35-31(14-17-39(29,30)3)38(2)16-13-27(43)23-26(38)24-32(35)44)9-12-33(45)40-18-15-34(46)51-21-19-50-20-22-52-36-37(42(47)53-41-36)54(48,49)28-7-5-4-6-8-28/h4-8,25-27,29-32,35,43-44H,9-24H2,1-3H3,(H,40,45)/t25-,26+,27-,29-,30+,31+,32+,35?,38+,39-/m1/s1. The lowest BCUT2D eigenvalue weighted by atomic mass is 9.43. The van der Waals surface area contributed by atoms with Gasteiger partial charge >= 0.3 is 16.9 Å². The Hall–Kier alpha value is -3.27. The van der Waals surface area contributed by atoms with E-state index in [0.29, 0.717) is 41.9 Å². The molecule has 1 heterocycles. The summed E-state index contributed by atoms with van der Waals surface area (Å²) in [5, 5.41) is 39.3. The molecule has 0 spiro atoms. The highest BCUT2D eigenvalue weighted by molar-refractivity contribution is 7.91. The number of aliphatic hydroxyl groups is 2. The third-order valence-corrected chi connectivity index (χ3v) is 15.4. The first-order valence-electron chi connectivity index (χ1n) is 19.6. The number of sulfone groups is 1. The number of benzene rings is 1. The third-order valence-electron chi connectivity index (χ3n) is 13.7. The Morgan fingerprint density at radius 1 is 1.00 bits per heavy atom. The van der Waals surface area contributed by atoms with E-state index in [1.54, 1.807) is 6.07 Å². The highest BCUT2D eigenvalue weighted by atomic mass is 32.2. The smallest absolute Gasteiger partial charge is 0.415 e. The van der Waals surface area contributed by atoms with E-state index in [-0.39, 0.29) is 78.1 Å². The normalized spacial score (nSPS) is 32.5. The Kier molecular flexibility index (Phi) is 12.6. The Balaban J connectivity index is 0.848. The minimum absolute atomic E-state index is 0.00206. The Labute approximate surface area is 317 Å². The molecule has 2 aromatic rings. The molecule has 4 aliphatic carbocycles. The lowest BCUT2D eigenvalue weighted by molar-refractivity contribution is -0.832. The van der Waals surface area contributed by atoms with E-state index in [2.05, 4.69) is 35.9 Å². The van der Waals surface area contributed by atoms with Gasteiger partial charge in [0.05, 0.1) is 41.9 Å². The molecule has 0 bridgehead atoms. The van der Waals surface area contributed by atoms with Crippen molar-refractivity contribution in [2.75, 3.05) is 33.0 Å². The number of aromatic nitrogens is 2. The summed E-state index contributed by atoms with van der Waals surface area (Å²) in [7, 11) is -4.23. The van der Waals surface area contributed by atoms with E-state index >= 15 is 0 Å². The number of esters is 1. The van der Waals surface area contributed by atoms with Gasteiger partial charge in [0.1, 0.15) is 13.2 Å². The highest BCUT2D eigenvalue weighted by Gasteiger charge is 2.62. The van der Waals surface area contributed by atoms with Crippen molar-refractivity contribution in [1.82, 2.24) is 10.5 Å². The number of rotatable bonds is 16. The predicted molar refractivity (Wildman–Crippen MR) is 193 cm³/mol. The minimum Gasteiger partial charge on any atom is -0.463 e. The number of carbonyl (C=O) groups is 2. The fourth-order valence-corrected chi connectivity index (χ4v) is 12.2. The van der Waals surface area contributed by atoms with E-state index < -0.39 is 26.7 Å². The van der Waals surface area contributed by atoms with Crippen molar-refractivity contribution in [3.8, 4) is 5.88 Å². The lowest BCUT2D eigenvalue weighted by Gasteiger charge is -2.62. The summed E-state index contributed by atoms with van der Waals surface area (Å²) < 4.78 is 46.0. The molecule has 300 valence electrons. The Morgan fingerprint density at radius 2 is 1.72 bits per heavy atom. The number of amides is 1. The summed E-state index contributed by atoms with van der Waals surface area (Å²) in [5.41, 5.74) is 0.361. The molecule has 3 N–H and O–H groups in total. The van der Waals surface area contributed by atoms with Gasteiger partial charge in [0.2, 0.25) is 5.91 Å². The first-order chi connectivity index (χ1) is 25.8. The van der Waals surface area contributed by atoms with Gasteiger partial charge < -0.3 is 34.9 Å². The van der Waals surface area contributed by atoms with Crippen LogP contribution in [0.2, 0.25) is 0 Å². The van der Waals surface area contributed by atoms with Crippen molar-refractivity contribution in [3.63, 3.8) is 0 Å². The van der Waals surface area contributed by atoms with Crippen molar-refractivity contribution in [1.29, 1.82) is 0 Å². The maximum Gasteiger partial charge on any atom is 0.415 e. The fraction of sp³-hybridized carbons (Fsp3) is 0.744. The number of hydrogen-bond acceptors (Lipinski definition) is 12. The second-order valence-electron chi connectivity index (χ2n) is 16.6. The molecule has 1 aromatic carbocycles.